The van der Waals surface area contributed by atoms with Gasteiger partial charge < -0.3 is 20.6 Å². The summed E-state index contributed by atoms with van der Waals surface area (Å²) in [4.78, 5) is 9.25. The first-order chi connectivity index (χ1) is 14.8. The zero-order chi connectivity index (χ0) is 21.8. The van der Waals surface area contributed by atoms with Crippen LogP contribution in [-0.2, 0) is 16.4 Å². The summed E-state index contributed by atoms with van der Waals surface area (Å²) in [6.45, 7) is 1.72. The van der Waals surface area contributed by atoms with Crippen LogP contribution in [0.3, 0.4) is 0 Å². The number of sulfone groups is 1. The summed E-state index contributed by atoms with van der Waals surface area (Å²) in [6, 6.07) is 14.3. The molecule has 7 nitrogen and oxygen atoms in total. The molecule has 0 bridgehead atoms. The highest BCUT2D eigenvalue weighted by atomic mass is 35.5. The molecule has 9 heteroatoms. The van der Waals surface area contributed by atoms with Gasteiger partial charge in [-0.15, -0.1) is 0 Å². The van der Waals surface area contributed by atoms with Gasteiger partial charge in [0, 0.05) is 48.7 Å². The van der Waals surface area contributed by atoms with Crippen LogP contribution in [0.5, 0.6) is 0 Å². The molecule has 2 aliphatic heterocycles. The van der Waals surface area contributed by atoms with Gasteiger partial charge in [-0.05, 0) is 29.8 Å². The Morgan fingerprint density at radius 3 is 2.68 bits per heavy atom. The van der Waals surface area contributed by atoms with Crippen molar-refractivity contribution in [3.8, 4) is 0 Å². The van der Waals surface area contributed by atoms with Crippen molar-refractivity contribution in [2.45, 2.75) is 23.6 Å². The second kappa shape index (κ2) is 7.63. The van der Waals surface area contributed by atoms with Crippen LogP contribution in [0, 0.1) is 0 Å². The fourth-order valence-corrected chi connectivity index (χ4v) is 6.03. The summed E-state index contributed by atoms with van der Waals surface area (Å²) < 4.78 is 25.5. The highest BCUT2D eigenvalue weighted by molar-refractivity contribution is 7.91. The fourth-order valence-electron chi connectivity index (χ4n) is 4.36. The Hall–Kier alpha value is -2.39. The van der Waals surface area contributed by atoms with E-state index in [2.05, 4.69) is 0 Å². The van der Waals surface area contributed by atoms with Crippen LogP contribution in [0.4, 0.5) is 11.5 Å². The van der Waals surface area contributed by atoms with E-state index in [-0.39, 0.29) is 11.8 Å². The number of fused-ring (bicyclic) bond motifs is 2. The smallest absolute Gasteiger partial charge is 0.180 e. The van der Waals surface area contributed by atoms with Crippen LogP contribution >= 0.6 is 11.6 Å². The monoisotopic (exact) mass is 458 g/mol. The minimum absolute atomic E-state index is 0.0208. The standard InChI is InChI=1S/C22H23ClN4O3S/c23-15-5-6-18-16(9-15)19(27-12-17(24)20(28)13-27)10-22(25-18)26-7-8-31(29,30)21-4-2-1-3-14(21)11-26/h1-6,9-10,17,20,28H,7-8,11-13,24H2/t17-,20-/m0/s1. The number of pyridine rings is 1. The highest BCUT2D eigenvalue weighted by Gasteiger charge is 2.31. The number of anilines is 2. The number of benzene rings is 2. The van der Waals surface area contributed by atoms with Gasteiger partial charge in [-0.25, -0.2) is 13.4 Å². The molecule has 3 aromatic rings. The van der Waals surface area contributed by atoms with Crippen molar-refractivity contribution in [2.24, 2.45) is 5.73 Å². The summed E-state index contributed by atoms with van der Waals surface area (Å²) in [6.07, 6.45) is -0.610. The van der Waals surface area contributed by atoms with E-state index in [1.165, 1.54) is 0 Å². The second-order valence-electron chi connectivity index (χ2n) is 8.15. The van der Waals surface area contributed by atoms with Crippen molar-refractivity contribution >= 4 is 43.8 Å². The molecular formula is C22H23ClN4O3S. The Morgan fingerprint density at radius 2 is 1.90 bits per heavy atom. The second-order valence-corrected chi connectivity index (χ2v) is 10.7. The van der Waals surface area contributed by atoms with Crippen molar-refractivity contribution in [3.63, 3.8) is 0 Å². The van der Waals surface area contributed by atoms with Crippen LogP contribution < -0.4 is 15.5 Å². The normalized spacial score (nSPS) is 23.1. The van der Waals surface area contributed by atoms with E-state index in [0.717, 1.165) is 22.2 Å². The molecule has 0 aliphatic carbocycles. The third kappa shape index (κ3) is 3.74. The van der Waals surface area contributed by atoms with E-state index in [1.807, 2.05) is 40.1 Å². The average molecular weight is 459 g/mol. The molecule has 1 fully saturated rings. The Kier molecular flexibility index (Phi) is 5.05. The number of rotatable bonds is 2. The number of hydrogen-bond acceptors (Lipinski definition) is 7. The van der Waals surface area contributed by atoms with Crippen molar-refractivity contribution in [1.82, 2.24) is 4.98 Å². The van der Waals surface area contributed by atoms with Gasteiger partial charge in [0.05, 0.1) is 28.0 Å². The van der Waals surface area contributed by atoms with Crippen LogP contribution in [0.25, 0.3) is 10.9 Å². The maximum atomic E-state index is 12.8. The van der Waals surface area contributed by atoms with E-state index in [4.69, 9.17) is 22.3 Å². The first-order valence-electron chi connectivity index (χ1n) is 10.2. The van der Waals surface area contributed by atoms with E-state index < -0.39 is 15.9 Å². The Balaban J connectivity index is 1.62. The van der Waals surface area contributed by atoms with E-state index in [9.17, 15) is 13.5 Å². The molecule has 3 N–H and O–H groups in total. The van der Waals surface area contributed by atoms with Gasteiger partial charge in [0.15, 0.2) is 9.84 Å². The minimum Gasteiger partial charge on any atom is -0.390 e. The van der Waals surface area contributed by atoms with Crippen LogP contribution in [0.1, 0.15) is 5.56 Å². The maximum Gasteiger partial charge on any atom is 0.180 e. The Labute approximate surface area is 186 Å². The van der Waals surface area contributed by atoms with Gasteiger partial charge >= 0.3 is 0 Å². The molecule has 2 aromatic carbocycles. The van der Waals surface area contributed by atoms with Crippen molar-refractivity contribution in [2.75, 3.05) is 35.2 Å². The highest BCUT2D eigenvalue weighted by Crippen LogP contribution is 2.35. The number of halogens is 1. The third-order valence-corrected chi connectivity index (χ3v) is 8.06. The number of nitrogens with two attached hydrogens (primary N) is 1. The number of aliphatic hydroxyl groups is 1. The summed E-state index contributed by atoms with van der Waals surface area (Å²) in [5.74, 6) is 0.708. The number of nitrogens with zero attached hydrogens (tertiary/aromatic N) is 3. The average Bonchev–Trinajstić information content (AvgIpc) is 3.01. The number of hydrogen-bond donors (Lipinski definition) is 2. The topological polar surface area (TPSA) is 99.8 Å². The molecule has 1 aromatic heterocycles. The number of aliphatic hydroxyl groups excluding tert-OH is 1. The largest absolute Gasteiger partial charge is 0.390 e. The van der Waals surface area contributed by atoms with Crippen LogP contribution in [0.15, 0.2) is 53.4 Å². The molecule has 2 aliphatic rings. The zero-order valence-corrected chi connectivity index (χ0v) is 18.4. The van der Waals surface area contributed by atoms with Crippen molar-refractivity contribution < 1.29 is 13.5 Å². The van der Waals surface area contributed by atoms with E-state index in [1.54, 1.807) is 18.2 Å². The number of β-amino-alcohol motifs (C(OH)–C–C–N with tert-alkyl or cyclic N) is 1. The third-order valence-electron chi connectivity index (χ3n) is 6.03. The molecule has 0 spiro atoms. The Bertz CT molecular complexity index is 1260. The molecule has 31 heavy (non-hydrogen) atoms. The van der Waals surface area contributed by atoms with E-state index in [0.29, 0.717) is 41.9 Å². The number of aromatic nitrogens is 1. The molecule has 0 saturated carbocycles. The zero-order valence-electron chi connectivity index (χ0n) is 16.8. The van der Waals surface area contributed by atoms with Crippen molar-refractivity contribution in [1.29, 1.82) is 0 Å². The van der Waals surface area contributed by atoms with Crippen molar-refractivity contribution in [3.05, 3.63) is 59.1 Å². The van der Waals surface area contributed by atoms with Crippen LogP contribution in [0.2, 0.25) is 5.02 Å². The summed E-state index contributed by atoms with van der Waals surface area (Å²) in [5, 5.41) is 11.7. The maximum absolute atomic E-state index is 12.8. The van der Waals surface area contributed by atoms with Gasteiger partial charge in [-0.1, -0.05) is 29.8 Å². The van der Waals surface area contributed by atoms with Crippen LogP contribution in [-0.4, -0.2) is 56.0 Å². The predicted molar refractivity (Wildman–Crippen MR) is 122 cm³/mol. The molecule has 0 amide bonds. The van der Waals surface area contributed by atoms with Gasteiger partial charge in [-0.2, -0.15) is 0 Å². The molecule has 5 rings (SSSR count). The summed E-state index contributed by atoms with van der Waals surface area (Å²) in [5.41, 5.74) is 8.46. The first kappa shape index (κ1) is 20.5. The minimum atomic E-state index is -3.35. The SMILES string of the molecule is N[C@H]1CN(c2cc(N3CCS(=O)(=O)c4ccccc4C3)nc3ccc(Cl)cc23)C[C@@H]1O. The van der Waals surface area contributed by atoms with Gasteiger partial charge in [0.25, 0.3) is 0 Å². The molecule has 3 heterocycles. The Morgan fingerprint density at radius 1 is 1.10 bits per heavy atom. The fraction of sp³-hybridized carbons (Fsp3) is 0.318. The van der Waals surface area contributed by atoms with Gasteiger partial charge in [0.1, 0.15) is 5.82 Å². The quantitative estimate of drug-likeness (QED) is 0.607. The lowest BCUT2D eigenvalue weighted by Gasteiger charge is -2.26. The first-order valence-corrected chi connectivity index (χ1v) is 12.2. The molecular weight excluding hydrogens is 436 g/mol. The van der Waals surface area contributed by atoms with Gasteiger partial charge in [-0.3, -0.25) is 0 Å². The predicted octanol–water partition coefficient (Wildman–Crippen LogP) is 2.19. The molecule has 0 unspecified atom stereocenters. The lowest BCUT2D eigenvalue weighted by molar-refractivity contribution is 0.180. The van der Waals surface area contributed by atoms with E-state index >= 15 is 0 Å². The lowest BCUT2D eigenvalue weighted by Crippen LogP contribution is -2.32. The summed E-state index contributed by atoms with van der Waals surface area (Å²) >= 11 is 6.25. The lowest BCUT2D eigenvalue weighted by atomic mass is 10.1. The molecule has 162 valence electrons. The van der Waals surface area contributed by atoms with Gasteiger partial charge in [0.2, 0.25) is 0 Å². The molecule has 2 atom stereocenters. The molecule has 0 radical (unpaired) electrons. The molecule has 1 saturated heterocycles. The summed E-state index contributed by atoms with van der Waals surface area (Å²) in [7, 11) is -3.35.